The highest BCUT2D eigenvalue weighted by Crippen LogP contribution is 2.21. The van der Waals surface area contributed by atoms with E-state index in [0.29, 0.717) is 5.92 Å². The maximum Gasteiger partial charge on any atom is 0.404 e. The van der Waals surface area contributed by atoms with E-state index >= 15 is 0 Å². The van der Waals surface area contributed by atoms with Crippen LogP contribution in [0, 0.1) is 5.92 Å². The Morgan fingerprint density at radius 1 is 1.75 bits per heavy atom. The molecule has 68 valence electrons. The van der Waals surface area contributed by atoms with Crippen molar-refractivity contribution >= 4 is 6.09 Å². The summed E-state index contributed by atoms with van der Waals surface area (Å²) in [6, 6.07) is 0. The first kappa shape index (κ1) is 9.10. The van der Waals surface area contributed by atoms with Crippen LogP contribution in [0.5, 0.6) is 0 Å². The van der Waals surface area contributed by atoms with E-state index in [1.54, 1.807) is 0 Å². The lowest BCUT2D eigenvalue weighted by Crippen LogP contribution is -2.26. The van der Waals surface area contributed by atoms with Crippen molar-refractivity contribution in [2.24, 2.45) is 11.7 Å². The van der Waals surface area contributed by atoms with Crippen LogP contribution in [0.15, 0.2) is 12.2 Å². The third-order valence-electron chi connectivity index (χ3n) is 2.20. The molecule has 3 heteroatoms. The minimum absolute atomic E-state index is 0.0842. The number of carbonyl (C=O) groups excluding carboxylic acids is 1. The Labute approximate surface area is 72.6 Å². The van der Waals surface area contributed by atoms with Gasteiger partial charge in [-0.25, -0.2) is 4.79 Å². The van der Waals surface area contributed by atoms with Gasteiger partial charge in [-0.3, -0.25) is 0 Å². The van der Waals surface area contributed by atoms with Crippen LogP contribution in [-0.4, -0.2) is 12.2 Å². The highest BCUT2D eigenvalue weighted by atomic mass is 16.6. The number of ether oxygens (including phenoxy) is 1. The molecule has 0 radical (unpaired) electrons. The van der Waals surface area contributed by atoms with Gasteiger partial charge in [0.1, 0.15) is 6.10 Å². The van der Waals surface area contributed by atoms with Gasteiger partial charge in [0.15, 0.2) is 0 Å². The molecule has 0 aliphatic heterocycles. The van der Waals surface area contributed by atoms with Crippen molar-refractivity contribution < 1.29 is 9.53 Å². The second-order valence-corrected chi connectivity index (χ2v) is 3.16. The molecule has 1 amide bonds. The van der Waals surface area contributed by atoms with Crippen LogP contribution in [0.25, 0.3) is 0 Å². The Morgan fingerprint density at radius 3 is 3.00 bits per heavy atom. The SMILES string of the molecule is CC(OC(N)=O)C1C=CCCC1. The maximum absolute atomic E-state index is 10.4. The fraction of sp³-hybridized carbons (Fsp3) is 0.667. The molecule has 0 fully saturated rings. The normalized spacial score (nSPS) is 24.9. The Morgan fingerprint density at radius 2 is 2.50 bits per heavy atom. The lowest BCUT2D eigenvalue weighted by Gasteiger charge is -2.22. The molecule has 0 aromatic heterocycles. The summed E-state index contributed by atoms with van der Waals surface area (Å²) < 4.78 is 4.88. The van der Waals surface area contributed by atoms with Gasteiger partial charge in [0, 0.05) is 5.92 Å². The molecular formula is C9H15NO2. The van der Waals surface area contributed by atoms with E-state index in [0.717, 1.165) is 12.8 Å². The van der Waals surface area contributed by atoms with E-state index in [4.69, 9.17) is 10.5 Å². The number of primary amides is 1. The van der Waals surface area contributed by atoms with Gasteiger partial charge in [0.2, 0.25) is 0 Å². The Balaban J connectivity index is 2.39. The molecule has 0 aromatic carbocycles. The Hall–Kier alpha value is -0.990. The van der Waals surface area contributed by atoms with Gasteiger partial charge >= 0.3 is 6.09 Å². The Bertz CT molecular complexity index is 189. The van der Waals surface area contributed by atoms with Crippen LogP contribution in [-0.2, 0) is 4.74 Å². The fourth-order valence-corrected chi connectivity index (χ4v) is 1.50. The summed E-state index contributed by atoms with van der Waals surface area (Å²) in [5.41, 5.74) is 4.91. The topological polar surface area (TPSA) is 52.3 Å². The van der Waals surface area contributed by atoms with Gasteiger partial charge in [-0.1, -0.05) is 12.2 Å². The molecule has 12 heavy (non-hydrogen) atoms. The summed E-state index contributed by atoms with van der Waals surface area (Å²) in [6.45, 7) is 1.88. The average molecular weight is 169 g/mol. The molecule has 2 N–H and O–H groups in total. The third-order valence-corrected chi connectivity index (χ3v) is 2.20. The quantitative estimate of drug-likeness (QED) is 0.641. The largest absolute Gasteiger partial charge is 0.446 e. The predicted molar refractivity (Wildman–Crippen MR) is 46.6 cm³/mol. The first-order chi connectivity index (χ1) is 5.70. The first-order valence-corrected chi connectivity index (χ1v) is 4.33. The number of rotatable bonds is 2. The second kappa shape index (κ2) is 4.14. The van der Waals surface area contributed by atoms with Gasteiger partial charge < -0.3 is 10.5 Å². The molecule has 3 nitrogen and oxygen atoms in total. The molecule has 2 atom stereocenters. The molecular weight excluding hydrogens is 154 g/mol. The van der Waals surface area contributed by atoms with Gasteiger partial charge in [0.05, 0.1) is 0 Å². The minimum Gasteiger partial charge on any atom is -0.446 e. The smallest absolute Gasteiger partial charge is 0.404 e. The summed E-state index contributed by atoms with van der Waals surface area (Å²) in [6.07, 6.45) is 6.88. The van der Waals surface area contributed by atoms with Crippen LogP contribution >= 0.6 is 0 Å². The first-order valence-electron chi connectivity index (χ1n) is 4.33. The monoisotopic (exact) mass is 169 g/mol. The third kappa shape index (κ3) is 2.57. The fourth-order valence-electron chi connectivity index (χ4n) is 1.50. The summed E-state index contributed by atoms with van der Waals surface area (Å²) in [5.74, 6) is 0.353. The van der Waals surface area contributed by atoms with Crippen molar-refractivity contribution in [3.8, 4) is 0 Å². The lowest BCUT2D eigenvalue weighted by atomic mass is 9.92. The number of hydrogen-bond acceptors (Lipinski definition) is 2. The van der Waals surface area contributed by atoms with E-state index in [2.05, 4.69) is 12.2 Å². The van der Waals surface area contributed by atoms with Crippen LogP contribution in [0.2, 0.25) is 0 Å². The van der Waals surface area contributed by atoms with Crippen LogP contribution < -0.4 is 5.73 Å². The van der Waals surface area contributed by atoms with Crippen molar-refractivity contribution in [1.29, 1.82) is 0 Å². The summed E-state index contributed by atoms with van der Waals surface area (Å²) in [5, 5.41) is 0. The summed E-state index contributed by atoms with van der Waals surface area (Å²) in [7, 11) is 0. The maximum atomic E-state index is 10.4. The van der Waals surface area contributed by atoms with E-state index in [-0.39, 0.29) is 6.10 Å². The highest BCUT2D eigenvalue weighted by Gasteiger charge is 2.18. The molecule has 0 saturated carbocycles. The van der Waals surface area contributed by atoms with Crippen LogP contribution in [0.1, 0.15) is 26.2 Å². The van der Waals surface area contributed by atoms with Crippen molar-refractivity contribution in [2.45, 2.75) is 32.3 Å². The van der Waals surface area contributed by atoms with Gasteiger partial charge in [-0.15, -0.1) is 0 Å². The zero-order chi connectivity index (χ0) is 8.97. The number of amides is 1. The number of nitrogens with two attached hydrogens (primary N) is 1. The molecule has 0 aromatic rings. The number of allylic oxidation sites excluding steroid dienone is 1. The van der Waals surface area contributed by atoms with Gasteiger partial charge in [-0.05, 0) is 26.2 Å². The minimum atomic E-state index is -0.679. The molecule has 0 bridgehead atoms. The van der Waals surface area contributed by atoms with Crippen molar-refractivity contribution in [2.75, 3.05) is 0 Å². The summed E-state index contributed by atoms with van der Waals surface area (Å²) in [4.78, 5) is 10.4. The van der Waals surface area contributed by atoms with Crippen molar-refractivity contribution in [3.63, 3.8) is 0 Å². The van der Waals surface area contributed by atoms with Crippen molar-refractivity contribution in [3.05, 3.63) is 12.2 Å². The predicted octanol–water partition coefficient (Wildman–Crippen LogP) is 1.83. The van der Waals surface area contributed by atoms with E-state index in [1.165, 1.54) is 6.42 Å². The van der Waals surface area contributed by atoms with Gasteiger partial charge in [-0.2, -0.15) is 0 Å². The molecule has 0 saturated heterocycles. The average Bonchev–Trinajstić information content (AvgIpc) is 2.05. The number of hydrogen-bond donors (Lipinski definition) is 1. The van der Waals surface area contributed by atoms with E-state index in [9.17, 15) is 4.79 Å². The zero-order valence-electron chi connectivity index (χ0n) is 7.32. The van der Waals surface area contributed by atoms with Crippen LogP contribution in [0.4, 0.5) is 4.79 Å². The summed E-state index contributed by atoms with van der Waals surface area (Å²) >= 11 is 0. The molecule has 0 spiro atoms. The highest BCUT2D eigenvalue weighted by molar-refractivity contribution is 5.64. The van der Waals surface area contributed by atoms with Crippen LogP contribution in [0.3, 0.4) is 0 Å². The standard InChI is InChI=1S/C9H15NO2/c1-7(12-9(10)11)8-5-3-2-4-6-8/h3,5,7-8H,2,4,6H2,1H3,(H2,10,11). The number of carbonyl (C=O) groups is 1. The van der Waals surface area contributed by atoms with E-state index < -0.39 is 6.09 Å². The lowest BCUT2D eigenvalue weighted by molar-refractivity contribution is 0.0888. The molecule has 1 aliphatic rings. The van der Waals surface area contributed by atoms with E-state index in [1.807, 2.05) is 6.92 Å². The molecule has 1 aliphatic carbocycles. The Kier molecular flexibility index (Phi) is 3.14. The van der Waals surface area contributed by atoms with Crippen molar-refractivity contribution in [1.82, 2.24) is 0 Å². The molecule has 1 rings (SSSR count). The second-order valence-electron chi connectivity index (χ2n) is 3.16. The molecule has 0 heterocycles. The van der Waals surface area contributed by atoms with Gasteiger partial charge in [0.25, 0.3) is 0 Å². The molecule has 2 unspecified atom stereocenters. The zero-order valence-corrected chi connectivity index (χ0v) is 7.32.